The van der Waals surface area contributed by atoms with Gasteiger partial charge in [0, 0.05) is 98.1 Å². The van der Waals surface area contributed by atoms with Crippen molar-refractivity contribution in [2.75, 3.05) is 64.4 Å². The van der Waals surface area contributed by atoms with Crippen molar-refractivity contribution < 1.29 is 24.2 Å². The first kappa shape index (κ1) is 41.7. The Kier molecular flexibility index (Phi) is 11.4. The molecule has 2 aliphatic heterocycles. The van der Waals surface area contributed by atoms with Gasteiger partial charge < -0.3 is 33.5 Å². The summed E-state index contributed by atoms with van der Waals surface area (Å²) in [6.07, 6.45) is 1.19. The number of aromatic nitrogens is 4. The van der Waals surface area contributed by atoms with Crippen LogP contribution < -0.4 is 14.4 Å². The van der Waals surface area contributed by atoms with E-state index in [4.69, 9.17) is 37.8 Å². The lowest BCUT2D eigenvalue weighted by Gasteiger charge is -2.35. The van der Waals surface area contributed by atoms with Crippen LogP contribution in [0.15, 0.2) is 42.5 Å². The molecule has 14 heteroatoms. The SMILES string of the molecule is Cc1cc(OCCCc2c3n(c4c(-c5c(C)nn(C)c5C)c(Cl)ccc24)[C@H](C)CN(c2cc(OCCN4CCN(C)CC4)cc4cc(C(=O)O)n(C)c24)C3=O)cc(C)c1Cl. The number of carbonyl (C=O) groups excluding carboxylic acids is 1. The van der Waals surface area contributed by atoms with Crippen LogP contribution in [0.25, 0.3) is 32.9 Å². The van der Waals surface area contributed by atoms with Crippen molar-refractivity contribution in [2.24, 2.45) is 14.1 Å². The van der Waals surface area contributed by atoms with Gasteiger partial charge in [0.25, 0.3) is 5.91 Å². The summed E-state index contributed by atoms with van der Waals surface area (Å²) in [5.74, 6) is 0.111. The lowest BCUT2D eigenvalue weighted by Crippen LogP contribution is -2.45. The van der Waals surface area contributed by atoms with Crippen LogP contribution in [-0.4, -0.2) is 105 Å². The van der Waals surface area contributed by atoms with E-state index in [0.29, 0.717) is 65.7 Å². The number of piperazine rings is 1. The number of ether oxygens (including phenoxy) is 2. The van der Waals surface area contributed by atoms with Gasteiger partial charge in [-0.15, -0.1) is 0 Å². The fourth-order valence-electron chi connectivity index (χ4n) is 9.25. The van der Waals surface area contributed by atoms with Crippen molar-refractivity contribution in [3.63, 3.8) is 0 Å². The average molecular weight is 855 g/mol. The lowest BCUT2D eigenvalue weighted by molar-refractivity contribution is 0.0687. The van der Waals surface area contributed by atoms with Gasteiger partial charge in [-0.2, -0.15) is 5.10 Å². The van der Waals surface area contributed by atoms with Crippen molar-refractivity contribution in [1.29, 1.82) is 0 Å². The Labute approximate surface area is 360 Å². The van der Waals surface area contributed by atoms with Gasteiger partial charge in [0.15, 0.2) is 0 Å². The normalized spacial score (nSPS) is 16.3. The molecule has 1 saturated heterocycles. The van der Waals surface area contributed by atoms with Gasteiger partial charge in [0.2, 0.25) is 0 Å². The van der Waals surface area contributed by atoms with Crippen LogP contribution in [0.2, 0.25) is 10.0 Å². The van der Waals surface area contributed by atoms with E-state index in [-0.39, 0.29) is 17.6 Å². The highest BCUT2D eigenvalue weighted by molar-refractivity contribution is 6.35. The molecule has 0 unspecified atom stereocenters. The fourth-order valence-corrected chi connectivity index (χ4v) is 9.61. The van der Waals surface area contributed by atoms with Crippen molar-refractivity contribution in [1.82, 2.24) is 28.7 Å². The number of rotatable bonds is 12. The first-order valence-corrected chi connectivity index (χ1v) is 21.4. The highest BCUT2D eigenvalue weighted by Gasteiger charge is 2.38. The molecule has 1 N–H and O–H groups in total. The molecule has 5 heterocycles. The third-order valence-corrected chi connectivity index (χ3v) is 13.3. The Balaban J connectivity index is 1.23. The van der Waals surface area contributed by atoms with E-state index in [1.165, 1.54) is 0 Å². The molecule has 0 bridgehead atoms. The first-order valence-electron chi connectivity index (χ1n) is 20.6. The number of aromatic carboxylic acids is 1. The minimum atomic E-state index is -1.05. The Morgan fingerprint density at radius 1 is 0.883 bits per heavy atom. The molecule has 1 amide bonds. The zero-order valence-electron chi connectivity index (χ0n) is 35.7. The zero-order chi connectivity index (χ0) is 42.7. The van der Waals surface area contributed by atoms with Crippen LogP contribution >= 0.6 is 23.2 Å². The van der Waals surface area contributed by atoms with E-state index >= 15 is 4.79 Å². The monoisotopic (exact) mass is 853 g/mol. The van der Waals surface area contributed by atoms with E-state index < -0.39 is 5.97 Å². The Morgan fingerprint density at radius 2 is 1.57 bits per heavy atom. The molecule has 0 spiro atoms. The lowest BCUT2D eigenvalue weighted by atomic mass is 9.98. The molecular formula is C46H53Cl2N7O5. The maximum absolute atomic E-state index is 15.5. The van der Waals surface area contributed by atoms with Crippen LogP contribution in [0, 0.1) is 27.7 Å². The molecule has 3 aromatic heterocycles. The zero-order valence-corrected chi connectivity index (χ0v) is 37.2. The molecular weight excluding hydrogens is 801 g/mol. The number of amides is 1. The van der Waals surface area contributed by atoms with Crippen LogP contribution in [0.3, 0.4) is 0 Å². The van der Waals surface area contributed by atoms with E-state index in [1.54, 1.807) is 22.6 Å². The number of fused-ring (bicyclic) bond motifs is 4. The summed E-state index contributed by atoms with van der Waals surface area (Å²) in [7, 11) is 5.80. The second-order valence-electron chi connectivity index (χ2n) is 16.5. The maximum atomic E-state index is 15.5. The molecule has 6 aromatic rings. The number of halogens is 2. The van der Waals surface area contributed by atoms with Gasteiger partial charge in [0.1, 0.15) is 29.5 Å². The molecule has 8 rings (SSSR count). The number of hydrogen-bond acceptors (Lipinski definition) is 7. The third-order valence-electron chi connectivity index (χ3n) is 12.4. The summed E-state index contributed by atoms with van der Waals surface area (Å²) in [6.45, 7) is 16.0. The third kappa shape index (κ3) is 7.41. The Morgan fingerprint density at radius 3 is 2.23 bits per heavy atom. The van der Waals surface area contributed by atoms with Gasteiger partial charge in [-0.25, -0.2) is 4.79 Å². The summed E-state index contributed by atoms with van der Waals surface area (Å²) in [5, 5.41) is 17.9. The molecule has 0 radical (unpaired) electrons. The van der Waals surface area contributed by atoms with Crippen LogP contribution in [-0.2, 0) is 20.5 Å². The number of carboxylic acids is 1. The summed E-state index contributed by atoms with van der Waals surface area (Å²) in [5.41, 5.74) is 9.30. The number of aryl methyl sites for hydroxylation is 6. The van der Waals surface area contributed by atoms with E-state index in [2.05, 4.69) is 28.3 Å². The van der Waals surface area contributed by atoms with Gasteiger partial charge in [-0.05, 0) is 102 Å². The largest absolute Gasteiger partial charge is 0.494 e. The molecule has 60 heavy (non-hydrogen) atoms. The molecule has 1 fully saturated rings. The second kappa shape index (κ2) is 16.5. The molecule has 1 atom stereocenters. The van der Waals surface area contributed by atoms with E-state index in [1.807, 2.05) is 75.8 Å². The number of benzene rings is 3. The quantitative estimate of drug-likeness (QED) is 0.122. The number of likely N-dealkylation sites (N-methyl/N-ethyl adjacent to an activating group) is 1. The van der Waals surface area contributed by atoms with Crippen LogP contribution in [0.1, 0.15) is 68.4 Å². The Bertz CT molecular complexity index is 2650. The smallest absolute Gasteiger partial charge is 0.352 e. The number of hydrogen-bond donors (Lipinski definition) is 1. The highest BCUT2D eigenvalue weighted by Crippen LogP contribution is 2.46. The van der Waals surface area contributed by atoms with Crippen molar-refractivity contribution in [3.8, 4) is 22.6 Å². The predicted molar refractivity (Wildman–Crippen MR) is 239 cm³/mol. The summed E-state index contributed by atoms with van der Waals surface area (Å²) >= 11 is 13.6. The van der Waals surface area contributed by atoms with Crippen LogP contribution in [0.5, 0.6) is 11.5 Å². The second-order valence-corrected chi connectivity index (χ2v) is 17.3. The maximum Gasteiger partial charge on any atom is 0.352 e. The fraction of sp³-hybridized carbons (Fsp3) is 0.413. The van der Waals surface area contributed by atoms with E-state index in [9.17, 15) is 9.90 Å². The minimum absolute atomic E-state index is 0.126. The minimum Gasteiger partial charge on any atom is -0.494 e. The van der Waals surface area contributed by atoms with Gasteiger partial charge in [-0.1, -0.05) is 29.3 Å². The summed E-state index contributed by atoms with van der Waals surface area (Å²) < 4.78 is 18.4. The standard InChI is InChI=1S/C46H53Cl2N7O5/c1-26-20-32(21-27(2)41(26)48)59-18-9-10-34-35-11-12-36(47)40(39-29(4)49-52(8)30(39)5)43(35)55-28(3)25-54(45(56)44(34)55)37-24-33(60-19-17-53-15-13-50(6)14-16-53)22-31-23-38(46(57)58)51(7)42(31)37/h11-12,20-24,28H,9-10,13-19,25H2,1-8H3,(H,57,58)/t28-/m1/s1. The number of anilines is 1. The first-order chi connectivity index (χ1) is 28.6. The average Bonchev–Trinajstić information content (AvgIpc) is 3.81. The predicted octanol–water partition coefficient (Wildman–Crippen LogP) is 8.63. The van der Waals surface area contributed by atoms with Gasteiger partial charge in [0.05, 0.1) is 34.0 Å². The molecule has 0 aliphatic carbocycles. The Hall–Kier alpha value is -5.01. The molecule has 0 saturated carbocycles. The van der Waals surface area contributed by atoms with Crippen molar-refractivity contribution >= 4 is 62.6 Å². The van der Waals surface area contributed by atoms with Gasteiger partial charge in [-0.3, -0.25) is 14.4 Å². The molecule has 12 nitrogen and oxygen atoms in total. The number of carbonyl (C=O) groups is 2. The van der Waals surface area contributed by atoms with Crippen molar-refractivity contribution in [3.05, 3.63) is 92.0 Å². The van der Waals surface area contributed by atoms with Crippen LogP contribution in [0.4, 0.5) is 5.69 Å². The highest BCUT2D eigenvalue weighted by atomic mass is 35.5. The number of nitrogens with zero attached hydrogens (tertiary/aromatic N) is 7. The number of carboxylic acid groups (broad SMARTS) is 1. The molecule has 316 valence electrons. The molecule has 3 aromatic carbocycles. The molecule has 2 aliphatic rings. The summed E-state index contributed by atoms with van der Waals surface area (Å²) in [4.78, 5) is 34.5. The van der Waals surface area contributed by atoms with Crippen molar-refractivity contribution in [2.45, 2.75) is 53.5 Å². The van der Waals surface area contributed by atoms with Gasteiger partial charge >= 0.3 is 5.97 Å². The topological polar surface area (TPSA) is 110 Å². The summed E-state index contributed by atoms with van der Waals surface area (Å²) in [6, 6.07) is 13.1. The van der Waals surface area contributed by atoms with E-state index in [0.717, 1.165) is 93.6 Å².